The number of benzene rings is 1. The third-order valence-electron chi connectivity index (χ3n) is 7.63. The van der Waals surface area contributed by atoms with Crippen LogP contribution in [0.2, 0.25) is 0 Å². The molecule has 0 heterocycles. The predicted molar refractivity (Wildman–Crippen MR) is 107 cm³/mol. The third kappa shape index (κ3) is 3.91. The van der Waals surface area contributed by atoms with E-state index < -0.39 is 0 Å². The summed E-state index contributed by atoms with van der Waals surface area (Å²) in [5.41, 5.74) is 1.88. The summed E-state index contributed by atoms with van der Waals surface area (Å²) in [6, 6.07) is 8.10. The molecule has 0 radical (unpaired) electrons. The van der Waals surface area contributed by atoms with Crippen molar-refractivity contribution in [2.75, 3.05) is 0 Å². The topological polar surface area (TPSA) is 20.2 Å². The summed E-state index contributed by atoms with van der Waals surface area (Å²) >= 11 is 0. The summed E-state index contributed by atoms with van der Waals surface area (Å²) in [6.07, 6.45) is 11.0. The van der Waals surface area contributed by atoms with Crippen molar-refractivity contribution in [3.63, 3.8) is 0 Å². The normalized spacial score (nSPS) is 33.4. The average Bonchev–Trinajstić information content (AvgIpc) is 2.91. The number of phenols is 1. The average molecular weight is 343 g/mol. The minimum Gasteiger partial charge on any atom is -0.508 e. The first-order valence-corrected chi connectivity index (χ1v) is 10.7. The standard InChI is InChI=1S/C24H38O/c1-17(2)8-5-9-18(3)22-13-14-23-21(12-7-15-24(22,23)4)19-10-6-11-20(25)16-19/h6,10-11,16-18,21-23,25H,5,7-9,12-15H2,1-4H3/t18-,21+,22-,23+,24-/m1/s1. The van der Waals surface area contributed by atoms with Gasteiger partial charge in [-0.1, -0.05) is 65.5 Å². The molecule has 0 bridgehead atoms. The summed E-state index contributed by atoms with van der Waals surface area (Å²) < 4.78 is 0. The lowest BCUT2D eigenvalue weighted by molar-refractivity contribution is 0.0519. The highest BCUT2D eigenvalue weighted by Gasteiger charge is 2.52. The summed E-state index contributed by atoms with van der Waals surface area (Å²) in [4.78, 5) is 0. The van der Waals surface area contributed by atoms with Gasteiger partial charge in [0.05, 0.1) is 0 Å². The van der Waals surface area contributed by atoms with Gasteiger partial charge in [-0.15, -0.1) is 0 Å². The van der Waals surface area contributed by atoms with Gasteiger partial charge in [0, 0.05) is 0 Å². The zero-order valence-electron chi connectivity index (χ0n) is 16.8. The number of hydrogen-bond donors (Lipinski definition) is 1. The fraction of sp³-hybridized carbons (Fsp3) is 0.750. The molecule has 0 unspecified atom stereocenters. The first-order valence-electron chi connectivity index (χ1n) is 10.7. The van der Waals surface area contributed by atoms with E-state index in [1.165, 1.54) is 56.9 Å². The van der Waals surface area contributed by atoms with E-state index in [0.717, 1.165) is 23.7 Å². The van der Waals surface area contributed by atoms with Gasteiger partial charge in [0.25, 0.3) is 0 Å². The molecule has 2 saturated carbocycles. The Bertz CT molecular complexity index is 563. The van der Waals surface area contributed by atoms with Gasteiger partial charge in [-0.3, -0.25) is 0 Å². The summed E-state index contributed by atoms with van der Waals surface area (Å²) in [7, 11) is 0. The van der Waals surface area contributed by atoms with Crippen molar-refractivity contribution < 1.29 is 5.11 Å². The Labute approximate surface area is 155 Å². The first kappa shape index (κ1) is 18.8. The van der Waals surface area contributed by atoms with E-state index in [0.29, 0.717) is 17.1 Å². The molecular weight excluding hydrogens is 304 g/mol. The minimum atomic E-state index is 0.432. The van der Waals surface area contributed by atoms with Crippen molar-refractivity contribution in [1.82, 2.24) is 0 Å². The van der Waals surface area contributed by atoms with Gasteiger partial charge in [-0.25, -0.2) is 0 Å². The second kappa shape index (κ2) is 7.72. The SMILES string of the molecule is CC(C)CCC[C@@H](C)[C@H]1CC[C@H]2[C@H](c3cccc(O)c3)CCC[C@]12C. The molecule has 0 aromatic heterocycles. The van der Waals surface area contributed by atoms with Crippen molar-refractivity contribution in [1.29, 1.82) is 0 Å². The lowest BCUT2D eigenvalue weighted by atomic mass is 9.58. The molecule has 5 atom stereocenters. The van der Waals surface area contributed by atoms with E-state index in [1.54, 1.807) is 6.07 Å². The molecule has 1 N–H and O–H groups in total. The van der Waals surface area contributed by atoms with Crippen LogP contribution in [0, 0.1) is 29.1 Å². The van der Waals surface area contributed by atoms with E-state index in [9.17, 15) is 5.11 Å². The van der Waals surface area contributed by atoms with Gasteiger partial charge in [0.2, 0.25) is 0 Å². The van der Waals surface area contributed by atoms with Gasteiger partial charge < -0.3 is 5.11 Å². The Morgan fingerprint density at radius 3 is 2.64 bits per heavy atom. The van der Waals surface area contributed by atoms with Crippen LogP contribution in [0.15, 0.2) is 24.3 Å². The Morgan fingerprint density at radius 2 is 1.92 bits per heavy atom. The second-order valence-electron chi connectivity index (χ2n) is 9.69. The Hall–Kier alpha value is -0.980. The zero-order chi connectivity index (χ0) is 18.0. The largest absolute Gasteiger partial charge is 0.508 e. The number of hydrogen-bond acceptors (Lipinski definition) is 1. The highest BCUT2D eigenvalue weighted by molar-refractivity contribution is 5.31. The molecule has 140 valence electrons. The lowest BCUT2D eigenvalue weighted by Gasteiger charge is -2.47. The molecule has 1 aromatic rings. The molecular formula is C24H38O. The Morgan fingerprint density at radius 1 is 1.12 bits per heavy atom. The van der Waals surface area contributed by atoms with E-state index in [4.69, 9.17) is 0 Å². The van der Waals surface area contributed by atoms with Crippen LogP contribution in [0.4, 0.5) is 0 Å². The molecule has 3 rings (SSSR count). The molecule has 0 spiro atoms. The maximum absolute atomic E-state index is 9.93. The third-order valence-corrected chi connectivity index (χ3v) is 7.63. The van der Waals surface area contributed by atoms with E-state index in [1.807, 2.05) is 12.1 Å². The lowest BCUT2D eigenvalue weighted by Crippen LogP contribution is -2.38. The van der Waals surface area contributed by atoms with E-state index >= 15 is 0 Å². The van der Waals surface area contributed by atoms with Gasteiger partial charge in [0.1, 0.15) is 5.75 Å². The van der Waals surface area contributed by atoms with Gasteiger partial charge in [-0.2, -0.15) is 0 Å². The maximum Gasteiger partial charge on any atom is 0.115 e. The van der Waals surface area contributed by atoms with Crippen molar-refractivity contribution in [2.45, 2.75) is 85.0 Å². The van der Waals surface area contributed by atoms with Gasteiger partial charge in [-0.05, 0) is 78.4 Å². The Balaban J connectivity index is 1.72. The molecule has 1 aromatic carbocycles. The van der Waals surface area contributed by atoms with Gasteiger partial charge in [0.15, 0.2) is 0 Å². The van der Waals surface area contributed by atoms with Crippen molar-refractivity contribution in [3.05, 3.63) is 29.8 Å². The number of fused-ring (bicyclic) bond motifs is 1. The molecule has 0 amide bonds. The molecule has 0 saturated heterocycles. The summed E-state index contributed by atoms with van der Waals surface area (Å²) in [5, 5.41) is 9.93. The van der Waals surface area contributed by atoms with Crippen LogP contribution in [0.25, 0.3) is 0 Å². The summed E-state index contributed by atoms with van der Waals surface area (Å²) in [5.74, 6) is 4.48. The van der Waals surface area contributed by atoms with Crippen LogP contribution in [0.3, 0.4) is 0 Å². The van der Waals surface area contributed by atoms with Crippen LogP contribution in [0.5, 0.6) is 5.75 Å². The van der Waals surface area contributed by atoms with Crippen LogP contribution in [0.1, 0.15) is 90.5 Å². The predicted octanol–water partition coefficient (Wildman–Crippen LogP) is 7.15. The molecule has 2 fully saturated rings. The minimum absolute atomic E-state index is 0.432. The number of phenolic OH excluding ortho intramolecular Hbond substituents is 1. The van der Waals surface area contributed by atoms with Crippen LogP contribution >= 0.6 is 0 Å². The zero-order valence-corrected chi connectivity index (χ0v) is 16.8. The van der Waals surface area contributed by atoms with Crippen LogP contribution < -0.4 is 0 Å². The second-order valence-corrected chi connectivity index (χ2v) is 9.69. The van der Waals surface area contributed by atoms with Crippen molar-refractivity contribution in [3.8, 4) is 5.75 Å². The molecule has 2 aliphatic carbocycles. The molecule has 25 heavy (non-hydrogen) atoms. The van der Waals surface area contributed by atoms with Gasteiger partial charge >= 0.3 is 0 Å². The summed E-state index contributed by atoms with van der Waals surface area (Å²) in [6.45, 7) is 9.82. The molecule has 0 aliphatic heterocycles. The number of aromatic hydroxyl groups is 1. The van der Waals surface area contributed by atoms with Crippen LogP contribution in [-0.2, 0) is 0 Å². The quantitative estimate of drug-likeness (QED) is 0.581. The Kier molecular flexibility index (Phi) is 5.81. The first-order chi connectivity index (χ1) is 11.9. The monoisotopic (exact) mass is 342 g/mol. The van der Waals surface area contributed by atoms with E-state index in [-0.39, 0.29) is 0 Å². The van der Waals surface area contributed by atoms with E-state index in [2.05, 4.69) is 33.8 Å². The number of rotatable bonds is 6. The molecule has 2 aliphatic rings. The highest BCUT2D eigenvalue weighted by atomic mass is 16.3. The van der Waals surface area contributed by atoms with Crippen molar-refractivity contribution >= 4 is 0 Å². The molecule has 1 heteroatoms. The van der Waals surface area contributed by atoms with Crippen LogP contribution in [-0.4, -0.2) is 5.11 Å². The fourth-order valence-electron chi connectivity index (χ4n) is 6.37. The fourth-order valence-corrected chi connectivity index (χ4v) is 6.37. The highest BCUT2D eigenvalue weighted by Crippen LogP contribution is 2.62. The van der Waals surface area contributed by atoms with Crippen molar-refractivity contribution in [2.24, 2.45) is 29.1 Å². The maximum atomic E-state index is 9.93. The molecule has 1 nitrogen and oxygen atoms in total. The smallest absolute Gasteiger partial charge is 0.115 e.